The van der Waals surface area contributed by atoms with Crippen molar-refractivity contribution in [3.63, 3.8) is 0 Å². The molecule has 0 saturated heterocycles. The fourth-order valence-electron chi connectivity index (χ4n) is 2.11. The molecule has 0 aliphatic rings. The lowest BCUT2D eigenvalue weighted by molar-refractivity contribution is 0.789. The number of rotatable bonds is 3. The molecule has 3 rings (SSSR count). The minimum atomic E-state index is 0.350. The van der Waals surface area contributed by atoms with Crippen molar-refractivity contribution in [1.29, 1.82) is 5.26 Å². The van der Waals surface area contributed by atoms with E-state index >= 15 is 0 Å². The molecule has 0 unspecified atom stereocenters. The van der Waals surface area contributed by atoms with Gasteiger partial charge in [-0.05, 0) is 46.3 Å². The van der Waals surface area contributed by atoms with Crippen LogP contribution in [0.1, 0.15) is 16.3 Å². The van der Waals surface area contributed by atoms with E-state index in [0.717, 1.165) is 20.6 Å². The van der Waals surface area contributed by atoms with Crippen molar-refractivity contribution in [2.75, 3.05) is 0 Å². The fraction of sp³-hybridized carbons (Fsp3) is 0.143. The molecule has 6 heteroatoms. The third-order valence-corrected chi connectivity index (χ3v) is 4.87. The number of hydrogen-bond donors (Lipinski definition) is 0. The Bertz CT molecular complexity index is 816. The van der Waals surface area contributed by atoms with Gasteiger partial charge in [-0.2, -0.15) is 5.26 Å². The molecule has 2 aromatic heterocycles. The third-order valence-electron chi connectivity index (χ3n) is 3.02. The summed E-state index contributed by atoms with van der Waals surface area (Å²) in [6, 6.07) is 11.8. The van der Waals surface area contributed by atoms with Crippen LogP contribution in [0.3, 0.4) is 0 Å². The highest BCUT2D eigenvalue weighted by Crippen LogP contribution is 2.26. The van der Waals surface area contributed by atoms with Crippen molar-refractivity contribution in [3.8, 4) is 6.07 Å². The zero-order valence-electron chi connectivity index (χ0n) is 10.3. The van der Waals surface area contributed by atoms with Gasteiger partial charge in [-0.1, -0.05) is 0 Å². The largest absolute Gasteiger partial charge is 0.322 e. The van der Waals surface area contributed by atoms with Crippen LogP contribution < -0.4 is 0 Å². The number of aromatic nitrogens is 2. The van der Waals surface area contributed by atoms with Crippen LogP contribution in [0.25, 0.3) is 11.0 Å². The summed E-state index contributed by atoms with van der Waals surface area (Å²) in [6.07, 6.45) is 0. The Morgan fingerprint density at radius 2 is 2.20 bits per heavy atom. The van der Waals surface area contributed by atoms with Crippen LogP contribution in [0.15, 0.2) is 34.1 Å². The first-order valence-corrected chi connectivity index (χ1v) is 8.05. The number of alkyl halides is 1. The summed E-state index contributed by atoms with van der Waals surface area (Å²) in [5.41, 5.74) is 2.45. The fourth-order valence-corrected chi connectivity index (χ4v) is 3.79. The number of nitrogens with zero attached hydrogens (tertiary/aromatic N) is 3. The SMILES string of the molecule is N#Cc1ccc2nc(CCl)n(Cc3ccc(Br)s3)c2c1. The highest BCUT2D eigenvalue weighted by atomic mass is 79.9. The van der Waals surface area contributed by atoms with Gasteiger partial charge in [0, 0.05) is 4.88 Å². The van der Waals surface area contributed by atoms with Gasteiger partial charge in [0.25, 0.3) is 0 Å². The van der Waals surface area contributed by atoms with Gasteiger partial charge in [0.2, 0.25) is 0 Å². The predicted octanol–water partition coefficient (Wildman–Crippen LogP) is 4.52. The summed E-state index contributed by atoms with van der Waals surface area (Å²) < 4.78 is 3.17. The minimum absolute atomic E-state index is 0.350. The van der Waals surface area contributed by atoms with E-state index in [0.29, 0.717) is 18.0 Å². The standard InChI is InChI=1S/C14H9BrClN3S/c15-13-4-2-10(20-13)8-19-12-5-9(7-17)1-3-11(12)18-14(19)6-16/h1-5H,6,8H2. The van der Waals surface area contributed by atoms with Crippen molar-refractivity contribution in [3.05, 3.63) is 50.4 Å². The van der Waals surface area contributed by atoms with Crippen molar-refractivity contribution in [2.24, 2.45) is 0 Å². The van der Waals surface area contributed by atoms with Gasteiger partial charge in [0.15, 0.2) is 0 Å². The summed E-state index contributed by atoms with van der Waals surface area (Å²) in [7, 11) is 0. The Balaban J connectivity index is 2.13. The van der Waals surface area contributed by atoms with Crippen LogP contribution in [0.2, 0.25) is 0 Å². The average Bonchev–Trinajstić information content (AvgIpc) is 3.03. The second-order valence-electron chi connectivity index (χ2n) is 4.27. The molecule has 0 aliphatic heterocycles. The minimum Gasteiger partial charge on any atom is -0.322 e. The predicted molar refractivity (Wildman–Crippen MR) is 85.1 cm³/mol. The number of thiophene rings is 1. The van der Waals surface area contributed by atoms with Crippen molar-refractivity contribution >= 4 is 49.9 Å². The van der Waals surface area contributed by atoms with E-state index in [9.17, 15) is 0 Å². The topological polar surface area (TPSA) is 41.6 Å². The lowest BCUT2D eigenvalue weighted by Crippen LogP contribution is -2.02. The molecule has 0 atom stereocenters. The van der Waals surface area contributed by atoms with Gasteiger partial charge < -0.3 is 4.57 Å². The molecule has 0 amide bonds. The monoisotopic (exact) mass is 365 g/mol. The lowest BCUT2D eigenvalue weighted by Gasteiger charge is -2.06. The quantitative estimate of drug-likeness (QED) is 0.640. The van der Waals surface area contributed by atoms with Gasteiger partial charge in [-0.25, -0.2) is 4.98 Å². The Hall–Kier alpha value is -1.35. The van der Waals surface area contributed by atoms with Gasteiger partial charge in [-0.3, -0.25) is 0 Å². The Morgan fingerprint density at radius 1 is 1.35 bits per heavy atom. The molecule has 0 aliphatic carbocycles. The Kier molecular flexibility index (Phi) is 3.79. The summed E-state index contributed by atoms with van der Waals surface area (Å²) in [6.45, 7) is 0.712. The van der Waals surface area contributed by atoms with Crippen LogP contribution in [-0.4, -0.2) is 9.55 Å². The summed E-state index contributed by atoms with van der Waals surface area (Å²) in [5, 5.41) is 9.04. The number of imidazole rings is 1. The number of fused-ring (bicyclic) bond motifs is 1. The number of hydrogen-bond acceptors (Lipinski definition) is 3. The van der Waals surface area contributed by atoms with Crippen LogP contribution in [0.4, 0.5) is 0 Å². The summed E-state index contributed by atoms with van der Waals surface area (Å²) in [5.74, 6) is 1.17. The molecule has 0 fully saturated rings. The van der Waals surface area contributed by atoms with E-state index in [1.807, 2.05) is 18.2 Å². The van der Waals surface area contributed by atoms with E-state index < -0.39 is 0 Å². The zero-order valence-corrected chi connectivity index (χ0v) is 13.5. The van der Waals surface area contributed by atoms with Gasteiger partial charge in [-0.15, -0.1) is 22.9 Å². The van der Waals surface area contributed by atoms with Gasteiger partial charge >= 0.3 is 0 Å². The third kappa shape index (κ3) is 2.47. The van der Waals surface area contributed by atoms with Crippen molar-refractivity contribution < 1.29 is 0 Å². The van der Waals surface area contributed by atoms with Crippen LogP contribution in [0.5, 0.6) is 0 Å². The molecule has 100 valence electrons. The normalized spacial score (nSPS) is 10.8. The second-order valence-corrected chi connectivity index (χ2v) is 7.08. The Morgan fingerprint density at radius 3 is 2.85 bits per heavy atom. The highest BCUT2D eigenvalue weighted by molar-refractivity contribution is 9.11. The number of benzene rings is 1. The molecule has 20 heavy (non-hydrogen) atoms. The summed E-state index contributed by atoms with van der Waals surface area (Å²) in [4.78, 5) is 5.74. The van der Waals surface area contributed by atoms with E-state index in [4.69, 9.17) is 16.9 Å². The maximum absolute atomic E-state index is 9.04. The second kappa shape index (κ2) is 5.57. The first-order valence-electron chi connectivity index (χ1n) is 5.90. The van der Waals surface area contributed by atoms with E-state index in [2.05, 4.69) is 37.6 Å². The average molecular weight is 367 g/mol. The van der Waals surface area contributed by atoms with Crippen LogP contribution in [0, 0.1) is 11.3 Å². The molecule has 0 saturated carbocycles. The van der Waals surface area contributed by atoms with Crippen molar-refractivity contribution in [1.82, 2.24) is 9.55 Å². The molecular formula is C14H9BrClN3S. The maximum Gasteiger partial charge on any atom is 0.125 e. The molecule has 0 spiro atoms. The first kappa shape index (κ1) is 13.6. The van der Waals surface area contributed by atoms with E-state index in [-0.39, 0.29) is 0 Å². The lowest BCUT2D eigenvalue weighted by atomic mass is 10.2. The molecule has 0 N–H and O–H groups in total. The van der Waals surface area contributed by atoms with Crippen molar-refractivity contribution in [2.45, 2.75) is 12.4 Å². The number of nitriles is 1. The zero-order chi connectivity index (χ0) is 14.1. The molecule has 2 heterocycles. The van der Waals surface area contributed by atoms with Crippen LogP contribution in [-0.2, 0) is 12.4 Å². The first-order chi connectivity index (χ1) is 9.71. The molecule has 0 bridgehead atoms. The molecule has 1 aromatic carbocycles. The molecule has 0 radical (unpaired) electrons. The molecule has 3 nitrogen and oxygen atoms in total. The van der Waals surface area contributed by atoms with E-state index in [1.165, 1.54) is 4.88 Å². The van der Waals surface area contributed by atoms with Gasteiger partial charge in [0.1, 0.15) is 5.82 Å². The summed E-state index contributed by atoms with van der Waals surface area (Å²) >= 11 is 11.1. The Labute approximate surface area is 133 Å². The highest BCUT2D eigenvalue weighted by Gasteiger charge is 2.12. The maximum atomic E-state index is 9.04. The van der Waals surface area contributed by atoms with Crippen LogP contribution >= 0.6 is 38.9 Å². The van der Waals surface area contributed by atoms with E-state index in [1.54, 1.807) is 17.4 Å². The van der Waals surface area contributed by atoms with Gasteiger partial charge in [0.05, 0.1) is 38.9 Å². The molecule has 3 aromatic rings. The molecular weight excluding hydrogens is 358 g/mol. The smallest absolute Gasteiger partial charge is 0.125 e. The number of halogens is 2.